The maximum absolute atomic E-state index is 10.2. The average molecular weight is 433 g/mol. The monoisotopic (exact) mass is 432 g/mol. The molecule has 5 heteroatoms. The molecule has 2 atom stereocenters. The molecule has 3 N–H and O–H groups in total. The summed E-state index contributed by atoms with van der Waals surface area (Å²) in [7, 11) is 0. The van der Waals surface area contributed by atoms with Gasteiger partial charge in [-0.3, -0.25) is 0 Å². The molecule has 2 aromatic carbocycles. The first-order chi connectivity index (χ1) is 13.0. The summed E-state index contributed by atoms with van der Waals surface area (Å²) in [6.45, 7) is 2.60. The van der Waals surface area contributed by atoms with Gasteiger partial charge in [-0.05, 0) is 42.3 Å². The summed E-state index contributed by atoms with van der Waals surface area (Å²) in [6, 6.07) is 14.8. The fourth-order valence-corrected chi connectivity index (χ4v) is 3.00. The normalized spacial score (nSPS) is 12.9. The third kappa shape index (κ3) is 7.71. The molecule has 2 aromatic rings. The van der Waals surface area contributed by atoms with E-state index in [2.05, 4.69) is 21.7 Å². The Morgan fingerprint density at radius 3 is 2.67 bits per heavy atom. The number of benzene rings is 2. The summed E-state index contributed by atoms with van der Waals surface area (Å²) in [5, 5.41) is 30.1. The van der Waals surface area contributed by atoms with Crippen molar-refractivity contribution in [2.45, 2.75) is 38.6 Å². The molecular weight excluding hydrogens is 408 g/mol. The van der Waals surface area contributed by atoms with E-state index in [0.29, 0.717) is 25.0 Å². The van der Waals surface area contributed by atoms with E-state index >= 15 is 0 Å². The third-order valence-electron chi connectivity index (χ3n) is 4.00. The van der Waals surface area contributed by atoms with Crippen LogP contribution in [0.4, 0.5) is 0 Å². The van der Waals surface area contributed by atoms with Crippen LogP contribution in [0.2, 0.25) is 0 Å². The molecular formula is C22H25BrO4. The minimum Gasteiger partial charge on any atom is -0.508 e. The zero-order valence-corrected chi connectivity index (χ0v) is 16.9. The Morgan fingerprint density at radius 2 is 1.93 bits per heavy atom. The van der Waals surface area contributed by atoms with E-state index in [9.17, 15) is 15.3 Å². The lowest BCUT2D eigenvalue weighted by molar-refractivity contribution is 0.0289. The van der Waals surface area contributed by atoms with Crippen molar-refractivity contribution in [3.8, 4) is 5.75 Å². The van der Waals surface area contributed by atoms with Crippen molar-refractivity contribution < 1.29 is 20.1 Å². The summed E-state index contributed by atoms with van der Waals surface area (Å²) in [6.07, 6.45) is 1.07. The first-order valence-corrected chi connectivity index (χ1v) is 9.62. The highest BCUT2D eigenvalue weighted by Gasteiger charge is 2.11. The highest BCUT2D eigenvalue weighted by atomic mass is 79.9. The van der Waals surface area contributed by atoms with Gasteiger partial charge in [-0.15, -0.1) is 5.73 Å². The van der Waals surface area contributed by atoms with Crippen LogP contribution in [0.15, 0.2) is 70.4 Å². The number of phenols is 1. The van der Waals surface area contributed by atoms with Gasteiger partial charge in [0.2, 0.25) is 0 Å². The third-order valence-corrected chi connectivity index (χ3v) is 4.50. The second kappa shape index (κ2) is 11.1. The number of phenolic OH excluding ortho intramolecular Hbond substituents is 1. The summed E-state index contributed by atoms with van der Waals surface area (Å²) in [4.78, 5) is 0. The second-order valence-electron chi connectivity index (χ2n) is 6.44. The Balaban J connectivity index is 1.79. The quantitative estimate of drug-likeness (QED) is 0.504. The van der Waals surface area contributed by atoms with Crippen molar-refractivity contribution >= 4 is 15.9 Å². The molecule has 2 rings (SSSR count). The smallest absolute Gasteiger partial charge is 0.121 e. The van der Waals surface area contributed by atoms with Gasteiger partial charge in [0.05, 0.1) is 25.4 Å². The highest BCUT2D eigenvalue weighted by molar-refractivity contribution is 9.10. The standard InChI is InChI=1S/C22H25BrO4/c1-16(12-19(24)15-27-14-17-7-3-2-4-8-17)6-5-9-21(25)20-13-18(23)10-11-22(20)26/h2-5,7-8,10-11,13,19,21,24-26H,9,12,14-15H2,1H3/t6?,19-,21-/m1/s1. The molecule has 4 nitrogen and oxygen atoms in total. The maximum atomic E-state index is 10.2. The molecule has 0 bridgehead atoms. The zero-order valence-electron chi connectivity index (χ0n) is 15.3. The molecule has 0 unspecified atom stereocenters. The molecule has 144 valence electrons. The van der Waals surface area contributed by atoms with Crippen molar-refractivity contribution in [3.05, 3.63) is 81.5 Å². The molecule has 0 aliphatic rings. The molecule has 0 aliphatic carbocycles. The number of hydrogen-bond donors (Lipinski definition) is 3. The van der Waals surface area contributed by atoms with E-state index in [1.54, 1.807) is 24.3 Å². The van der Waals surface area contributed by atoms with Crippen molar-refractivity contribution in [2.75, 3.05) is 6.61 Å². The lowest BCUT2D eigenvalue weighted by Gasteiger charge is -2.11. The Kier molecular flexibility index (Phi) is 8.79. The van der Waals surface area contributed by atoms with Gasteiger partial charge in [-0.2, -0.15) is 0 Å². The molecule has 0 aromatic heterocycles. The van der Waals surface area contributed by atoms with Crippen molar-refractivity contribution in [1.82, 2.24) is 0 Å². The van der Waals surface area contributed by atoms with Gasteiger partial charge < -0.3 is 20.1 Å². The van der Waals surface area contributed by atoms with E-state index in [4.69, 9.17) is 4.74 Å². The minimum absolute atomic E-state index is 0.0609. The van der Waals surface area contributed by atoms with Gasteiger partial charge in [-0.1, -0.05) is 46.3 Å². The Bertz CT molecular complexity index is 782. The van der Waals surface area contributed by atoms with Crippen LogP contribution in [0.3, 0.4) is 0 Å². The Labute approximate surface area is 168 Å². The van der Waals surface area contributed by atoms with E-state index < -0.39 is 12.2 Å². The van der Waals surface area contributed by atoms with Crippen LogP contribution in [0, 0.1) is 0 Å². The van der Waals surface area contributed by atoms with Gasteiger partial charge in [-0.25, -0.2) is 0 Å². The predicted molar refractivity (Wildman–Crippen MR) is 109 cm³/mol. The number of aliphatic hydroxyl groups excluding tert-OH is 2. The fraction of sp³-hybridized carbons (Fsp3) is 0.318. The molecule has 0 aliphatic heterocycles. The fourth-order valence-electron chi connectivity index (χ4n) is 2.62. The lowest BCUT2D eigenvalue weighted by Crippen LogP contribution is -2.15. The topological polar surface area (TPSA) is 69.9 Å². The highest BCUT2D eigenvalue weighted by Crippen LogP contribution is 2.29. The van der Waals surface area contributed by atoms with Gasteiger partial charge in [0.1, 0.15) is 5.75 Å². The van der Waals surface area contributed by atoms with E-state index in [-0.39, 0.29) is 12.4 Å². The molecule has 0 saturated heterocycles. The first kappa shape index (κ1) is 21.4. The van der Waals surface area contributed by atoms with Crippen LogP contribution in [-0.2, 0) is 11.3 Å². The minimum atomic E-state index is -0.818. The second-order valence-corrected chi connectivity index (χ2v) is 7.36. The average Bonchev–Trinajstić information content (AvgIpc) is 2.64. The summed E-state index contributed by atoms with van der Waals surface area (Å²) >= 11 is 3.33. The van der Waals surface area contributed by atoms with Crippen LogP contribution in [0.5, 0.6) is 5.75 Å². The summed E-state index contributed by atoms with van der Waals surface area (Å²) in [5.41, 5.74) is 5.49. The van der Waals surface area contributed by atoms with E-state index in [1.807, 2.05) is 37.3 Å². The number of ether oxygens (including phenoxy) is 1. The summed E-state index contributed by atoms with van der Waals surface area (Å²) < 4.78 is 6.33. The Hall–Kier alpha value is -1.88. The molecule has 0 fully saturated rings. The van der Waals surface area contributed by atoms with Crippen LogP contribution in [-0.4, -0.2) is 28.0 Å². The van der Waals surface area contributed by atoms with Crippen molar-refractivity contribution in [2.24, 2.45) is 0 Å². The molecule has 0 heterocycles. The zero-order chi connectivity index (χ0) is 19.6. The van der Waals surface area contributed by atoms with Gasteiger partial charge >= 0.3 is 0 Å². The molecule has 0 saturated carbocycles. The van der Waals surface area contributed by atoms with Gasteiger partial charge in [0.25, 0.3) is 0 Å². The number of rotatable bonds is 9. The van der Waals surface area contributed by atoms with Gasteiger partial charge in [0, 0.05) is 22.9 Å². The molecule has 0 radical (unpaired) electrons. The SMILES string of the molecule is CC(=C=CC[C@@H](O)c1cc(Br)ccc1O)C[C@@H](O)COCc1ccccc1. The molecule has 0 amide bonds. The predicted octanol–water partition coefficient (Wildman–Crippen LogP) is 4.65. The number of halogens is 1. The van der Waals surface area contributed by atoms with E-state index in [0.717, 1.165) is 15.6 Å². The number of aromatic hydroxyl groups is 1. The van der Waals surface area contributed by atoms with Crippen molar-refractivity contribution in [1.29, 1.82) is 0 Å². The van der Waals surface area contributed by atoms with Crippen LogP contribution < -0.4 is 0 Å². The largest absolute Gasteiger partial charge is 0.508 e. The van der Waals surface area contributed by atoms with Crippen LogP contribution in [0.25, 0.3) is 0 Å². The summed E-state index contributed by atoms with van der Waals surface area (Å²) in [5.74, 6) is 0.0609. The first-order valence-electron chi connectivity index (χ1n) is 8.82. The Morgan fingerprint density at radius 1 is 1.19 bits per heavy atom. The number of hydrogen-bond acceptors (Lipinski definition) is 4. The van der Waals surface area contributed by atoms with Gasteiger partial charge in [0.15, 0.2) is 0 Å². The maximum Gasteiger partial charge on any atom is 0.121 e. The van der Waals surface area contributed by atoms with Crippen LogP contribution >= 0.6 is 15.9 Å². The lowest BCUT2D eigenvalue weighted by atomic mass is 10.0. The van der Waals surface area contributed by atoms with E-state index in [1.165, 1.54) is 0 Å². The van der Waals surface area contributed by atoms with Crippen LogP contribution in [0.1, 0.15) is 37.0 Å². The molecule has 27 heavy (non-hydrogen) atoms. The van der Waals surface area contributed by atoms with Crippen molar-refractivity contribution in [3.63, 3.8) is 0 Å². The number of aliphatic hydroxyl groups is 2. The molecule has 0 spiro atoms.